The topological polar surface area (TPSA) is 35.0 Å². The smallest absolute Gasteiger partial charge is 0 e. The monoisotopic (exact) mass is 922 g/mol. The van der Waals surface area contributed by atoms with Crippen LogP contribution in [0.15, 0.2) is 0 Å². The van der Waals surface area contributed by atoms with E-state index in [-0.39, 0.29) is 341 Å². The first-order chi connectivity index (χ1) is 0. The summed E-state index contributed by atoms with van der Waals surface area (Å²) in [5.74, 6) is 0. The van der Waals surface area contributed by atoms with Gasteiger partial charge in [-0.2, -0.15) is 0 Å². The van der Waals surface area contributed by atoms with Crippen molar-refractivity contribution in [3.8, 4) is 0 Å². The van der Waals surface area contributed by atoms with Crippen molar-refractivity contribution in [2.45, 2.75) is 7.43 Å². The van der Waals surface area contributed by atoms with E-state index in [0.29, 0.717) is 0 Å². The van der Waals surface area contributed by atoms with Gasteiger partial charge in [0.2, 0.25) is 0 Å². The van der Waals surface area contributed by atoms with Crippen LogP contribution in [0, 0.1) is 0 Å². The van der Waals surface area contributed by atoms with Gasteiger partial charge < -0.3 is 6.15 Å². The summed E-state index contributed by atoms with van der Waals surface area (Å²) in [6.45, 7) is 0. The summed E-state index contributed by atoms with van der Waals surface area (Å²) in [6.07, 6.45) is 0. The maximum atomic E-state index is 0. The van der Waals surface area contributed by atoms with Crippen LogP contribution in [0.25, 0.3) is 0 Å². The molecule has 0 heterocycles. The average molecular weight is 922 g/mol. The van der Waals surface area contributed by atoms with Crippen LogP contribution < -0.4 is 6.15 Å². The number of hydrogen-bond donors (Lipinski definition) is 1. The summed E-state index contributed by atoms with van der Waals surface area (Å²) >= 11 is 0. The molecule has 0 bridgehead atoms. The molecular weight excluding hydrogens is 915 g/mol. The van der Waals surface area contributed by atoms with Crippen molar-refractivity contribution in [1.29, 1.82) is 0 Å². The van der Waals surface area contributed by atoms with E-state index in [2.05, 4.69) is 0 Å². The molecule has 11 heteroatoms. The van der Waals surface area contributed by atoms with Gasteiger partial charge >= 0.3 is 0 Å². The molecule has 0 aliphatic heterocycles. The number of hydrogen-bond acceptors (Lipinski definition) is 1. The van der Waals surface area contributed by atoms with Crippen molar-refractivity contribution in [3.63, 3.8) is 0 Å². The second-order valence-corrected chi connectivity index (χ2v) is 0. The van der Waals surface area contributed by atoms with Gasteiger partial charge in [0.15, 0.2) is 0 Å². The fraction of sp³-hybridized carbons (Fsp3) is 1.00. The Morgan fingerprint density at radius 1 is 0.250 bits per heavy atom. The van der Waals surface area contributed by atoms with Gasteiger partial charge in [0.05, 0.1) is 0 Å². The van der Waals surface area contributed by atoms with Gasteiger partial charge in [-0.25, -0.2) is 0 Å². The van der Waals surface area contributed by atoms with Crippen LogP contribution in [-0.4, -0.2) is 0 Å². The third-order valence-corrected chi connectivity index (χ3v) is 0. The van der Waals surface area contributed by atoms with Crippen LogP contribution in [0.1, 0.15) is 7.43 Å². The zero-order valence-electron chi connectivity index (χ0n) is 6.48. The Bertz CT molecular complexity index is 9.80. The van der Waals surface area contributed by atoms with Crippen molar-refractivity contribution < 1.29 is 327 Å². The van der Waals surface area contributed by atoms with Gasteiger partial charge in [-0.05, 0) is 0 Å². The maximum absolute atomic E-state index is 0. The van der Waals surface area contributed by atoms with E-state index in [1.165, 1.54) is 0 Å². The molecule has 46 valence electrons. The molecule has 12 heavy (non-hydrogen) atoms. The van der Waals surface area contributed by atoms with E-state index in [1.807, 2.05) is 0 Å². The van der Waals surface area contributed by atoms with Gasteiger partial charge in [0.25, 0.3) is 0 Å². The molecule has 0 aliphatic carbocycles. The van der Waals surface area contributed by atoms with E-state index < -0.39 is 0 Å². The van der Waals surface area contributed by atoms with Crippen LogP contribution in [0.4, 0.5) is 0 Å². The molecule has 0 aromatic rings. The van der Waals surface area contributed by atoms with Crippen LogP contribution >= 0.6 is 0 Å². The third-order valence-electron chi connectivity index (χ3n) is 0. The van der Waals surface area contributed by atoms with Gasteiger partial charge in [0.1, 0.15) is 0 Å². The summed E-state index contributed by atoms with van der Waals surface area (Å²) < 4.78 is 0. The summed E-state index contributed by atoms with van der Waals surface area (Å²) in [4.78, 5) is 0. The fourth-order valence-electron chi connectivity index (χ4n) is 0. The van der Waals surface area contributed by atoms with Crippen molar-refractivity contribution >= 4 is 0 Å². The third kappa shape index (κ3) is 69.4. The summed E-state index contributed by atoms with van der Waals surface area (Å²) in [7, 11) is 0. The Morgan fingerprint density at radius 2 is 0.250 bits per heavy atom. The normalized spacial score (nSPS) is 0. The van der Waals surface area contributed by atoms with E-state index in [0.717, 1.165) is 0 Å². The molecule has 0 amide bonds. The Balaban J connectivity index is 0. The predicted molar refractivity (Wildman–Crippen MR) is 11.8 cm³/mol. The summed E-state index contributed by atoms with van der Waals surface area (Å²) in [5, 5.41) is 0. The Hall–Kier alpha value is 11.0. The average Bonchev–Trinajstić information content (AvgIpc) is 0. The molecule has 0 atom stereocenters. The minimum atomic E-state index is 0. The standard InChI is InChI=1S/CH4.H3N.10Y/h1H4;1H3;;;;;;;;;;. The predicted octanol–water partition coefficient (Wildman–Crippen LogP) is 0.773. The molecule has 0 unspecified atom stereocenters. The molecule has 0 aliphatic rings. The minimum Gasteiger partial charge on any atom is -0.344 e. The minimum absolute atomic E-state index is 0. The molecule has 10 radical (unpaired) electrons. The Labute approximate surface area is 329 Å². The van der Waals surface area contributed by atoms with E-state index in [4.69, 9.17) is 0 Å². The van der Waals surface area contributed by atoms with Gasteiger partial charge in [0, 0.05) is 327 Å². The second-order valence-electron chi connectivity index (χ2n) is 0. The van der Waals surface area contributed by atoms with Crippen molar-refractivity contribution in [3.05, 3.63) is 0 Å². The molecule has 0 aromatic carbocycles. The molecule has 0 saturated carbocycles. The first kappa shape index (κ1) is 92.0. The van der Waals surface area contributed by atoms with Crippen molar-refractivity contribution in [2.75, 3.05) is 0 Å². The van der Waals surface area contributed by atoms with Crippen molar-refractivity contribution in [2.24, 2.45) is 0 Å². The fourth-order valence-corrected chi connectivity index (χ4v) is 0. The quantitative estimate of drug-likeness (QED) is 0.384. The summed E-state index contributed by atoms with van der Waals surface area (Å²) in [5.41, 5.74) is 0. The van der Waals surface area contributed by atoms with E-state index in [9.17, 15) is 0 Å². The maximum Gasteiger partial charge on any atom is 0 e. The first-order valence-electron chi connectivity index (χ1n) is 0. The Kier molecular flexibility index (Phi) is 615. The van der Waals surface area contributed by atoms with E-state index in [1.54, 1.807) is 0 Å². The van der Waals surface area contributed by atoms with Crippen LogP contribution in [0.3, 0.4) is 0 Å². The molecule has 0 fully saturated rings. The molecule has 0 spiro atoms. The molecule has 0 rings (SSSR count). The first-order valence-corrected chi connectivity index (χ1v) is 0. The van der Waals surface area contributed by atoms with Gasteiger partial charge in [-0.1, -0.05) is 7.43 Å². The molecule has 1 nitrogen and oxygen atoms in total. The summed E-state index contributed by atoms with van der Waals surface area (Å²) in [6, 6.07) is 0. The SMILES string of the molecule is C.N.[Y].[Y].[Y].[Y].[Y].[Y].[Y].[Y].[Y].[Y]. The number of rotatable bonds is 0. The van der Waals surface area contributed by atoms with E-state index >= 15 is 0 Å². The zero-order chi connectivity index (χ0) is 0. The van der Waals surface area contributed by atoms with Crippen LogP contribution in [-0.2, 0) is 327 Å². The largest absolute Gasteiger partial charge is 0.344 e. The molecule has 0 aromatic heterocycles. The van der Waals surface area contributed by atoms with Crippen molar-refractivity contribution in [1.82, 2.24) is 6.15 Å². The zero-order valence-corrected chi connectivity index (χ0v) is 34.9. The van der Waals surface area contributed by atoms with Crippen LogP contribution in [0.2, 0.25) is 0 Å². The van der Waals surface area contributed by atoms with Crippen LogP contribution in [0.5, 0.6) is 0 Å². The van der Waals surface area contributed by atoms with Gasteiger partial charge in [-0.3, -0.25) is 0 Å². The Morgan fingerprint density at radius 3 is 0.250 bits per heavy atom. The second kappa shape index (κ2) is 80.2. The molecule has 3 N–H and O–H groups in total. The molecule has 0 saturated heterocycles. The van der Waals surface area contributed by atoms with Gasteiger partial charge in [-0.15, -0.1) is 0 Å². The molecular formula is CH7NY10.